The maximum Gasteiger partial charge on any atom is 0.247 e. The molecule has 0 saturated carbocycles. The smallest absolute Gasteiger partial charge is 0.247 e. The highest BCUT2D eigenvalue weighted by Crippen LogP contribution is 2.38. The number of methoxy groups -OCH3 is 1. The molecule has 0 fully saturated rings. The SMILES string of the molecule is C=CC(=O)Nc1cc(Nc2nccc(-c3ccc4cnn(C(C)C)c4c3)n2)c(OC)cc1N(C)CCN(C)C. The van der Waals surface area contributed by atoms with Crippen molar-refractivity contribution < 1.29 is 9.53 Å². The van der Waals surface area contributed by atoms with Gasteiger partial charge in [-0.05, 0) is 52.2 Å². The van der Waals surface area contributed by atoms with Gasteiger partial charge in [-0.2, -0.15) is 5.10 Å². The maximum atomic E-state index is 12.2. The third kappa shape index (κ3) is 6.35. The third-order valence-electron chi connectivity index (χ3n) is 6.34. The van der Waals surface area contributed by atoms with E-state index in [1.807, 2.05) is 56.3 Å². The molecular weight excluding hydrogens is 492 g/mol. The van der Waals surface area contributed by atoms with Gasteiger partial charge in [0.05, 0.1) is 41.6 Å². The zero-order valence-corrected chi connectivity index (χ0v) is 23.4. The highest BCUT2D eigenvalue weighted by atomic mass is 16.5. The van der Waals surface area contributed by atoms with Crippen LogP contribution in [0.3, 0.4) is 0 Å². The first kappa shape index (κ1) is 27.6. The summed E-state index contributed by atoms with van der Waals surface area (Å²) in [5, 5.41) is 11.8. The molecule has 39 heavy (non-hydrogen) atoms. The number of ether oxygens (including phenoxy) is 1. The Labute approximate surface area is 229 Å². The highest BCUT2D eigenvalue weighted by Gasteiger charge is 2.17. The molecule has 2 aromatic carbocycles. The molecule has 0 aliphatic carbocycles. The fraction of sp³-hybridized carbons (Fsp3) is 0.310. The Morgan fingerprint density at radius 2 is 1.92 bits per heavy atom. The molecule has 10 heteroatoms. The van der Waals surface area contributed by atoms with Gasteiger partial charge in [-0.25, -0.2) is 9.97 Å². The van der Waals surface area contributed by atoms with E-state index in [4.69, 9.17) is 9.72 Å². The van der Waals surface area contributed by atoms with Crippen molar-refractivity contribution in [3.8, 4) is 17.0 Å². The van der Waals surface area contributed by atoms with Gasteiger partial charge >= 0.3 is 0 Å². The molecule has 0 saturated heterocycles. The van der Waals surface area contributed by atoms with Gasteiger partial charge in [-0.1, -0.05) is 18.7 Å². The summed E-state index contributed by atoms with van der Waals surface area (Å²) in [5.74, 6) is 0.690. The van der Waals surface area contributed by atoms with Gasteiger partial charge < -0.3 is 25.2 Å². The molecule has 0 aliphatic rings. The number of rotatable bonds is 11. The zero-order valence-electron chi connectivity index (χ0n) is 23.4. The Hall–Kier alpha value is -4.44. The lowest BCUT2D eigenvalue weighted by Gasteiger charge is -2.26. The maximum absolute atomic E-state index is 12.2. The number of carbonyl (C=O) groups is 1. The molecule has 0 spiro atoms. The molecule has 4 rings (SSSR count). The van der Waals surface area contributed by atoms with Crippen molar-refractivity contribution in [2.75, 3.05) is 56.9 Å². The minimum absolute atomic E-state index is 0.244. The molecule has 2 heterocycles. The summed E-state index contributed by atoms with van der Waals surface area (Å²) in [4.78, 5) is 25.6. The summed E-state index contributed by atoms with van der Waals surface area (Å²) in [6.07, 6.45) is 4.84. The molecule has 2 N–H and O–H groups in total. The Balaban J connectivity index is 1.69. The molecule has 204 valence electrons. The second kappa shape index (κ2) is 12.0. The number of fused-ring (bicyclic) bond motifs is 1. The molecular formula is C29H36N8O2. The first-order valence-corrected chi connectivity index (χ1v) is 12.8. The number of carbonyl (C=O) groups excluding carboxylic acids is 1. The summed E-state index contributed by atoms with van der Waals surface area (Å²) >= 11 is 0. The van der Waals surface area contributed by atoms with Crippen LogP contribution in [-0.2, 0) is 4.79 Å². The minimum atomic E-state index is -0.303. The zero-order chi connectivity index (χ0) is 28.1. The first-order valence-electron chi connectivity index (χ1n) is 12.8. The fourth-order valence-corrected chi connectivity index (χ4v) is 4.21. The van der Waals surface area contributed by atoms with Crippen LogP contribution in [0.4, 0.5) is 23.0 Å². The van der Waals surface area contributed by atoms with Crippen LogP contribution in [0.2, 0.25) is 0 Å². The van der Waals surface area contributed by atoms with E-state index in [-0.39, 0.29) is 11.9 Å². The quantitative estimate of drug-likeness (QED) is 0.264. The van der Waals surface area contributed by atoms with Crippen LogP contribution in [-0.4, -0.2) is 71.9 Å². The van der Waals surface area contributed by atoms with Crippen molar-refractivity contribution in [1.29, 1.82) is 0 Å². The van der Waals surface area contributed by atoms with E-state index in [0.29, 0.717) is 23.1 Å². The number of anilines is 4. The van der Waals surface area contributed by atoms with Gasteiger partial charge in [0.25, 0.3) is 0 Å². The van der Waals surface area contributed by atoms with Gasteiger partial charge in [0, 0.05) is 49.4 Å². The second-order valence-corrected chi connectivity index (χ2v) is 9.83. The fourth-order valence-electron chi connectivity index (χ4n) is 4.21. The number of aromatic nitrogens is 4. The van der Waals surface area contributed by atoms with Gasteiger partial charge in [0.1, 0.15) is 5.75 Å². The standard InChI is InChI=1S/C29H36N8O2/c1-8-28(38)32-23-16-24(27(39-7)17-26(23)36(6)14-13-35(4)5)34-29-30-12-11-22(33-29)20-9-10-21-18-31-37(19(2)3)25(21)15-20/h8-12,15-19H,1,13-14H2,2-7H3,(H,32,38)(H,30,33,34). The molecule has 0 aliphatic heterocycles. The number of hydrogen-bond donors (Lipinski definition) is 2. The predicted molar refractivity (Wildman–Crippen MR) is 158 cm³/mol. The largest absolute Gasteiger partial charge is 0.494 e. The lowest BCUT2D eigenvalue weighted by molar-refractivity contribution is -0.111. The van der Waals surface area contributed by atoms with Gasteiger partial charge in [0.15, 0.2) is 0 Å². The van der Waals surface area contributed by atoms with E-state index < -0.39 is 0 Å². The Morgan fingerprint density at radius 3 is 2.62 bits per heavy atom. The average molecular weight is 529 g/mol. The van der Waals surface area contributed by atoms with Crippen molar-refractivity contribution >= 4 is 39.8 Å². The normalized spacial score (nSPS) is 11.2. The van der Waals surface area contributed by atoms with Gasteiger partial charge in [-0.3, -0.25) is 9.48 Å². The number of hydrogen-bond acceptors (Lipinski definition) is 8. The number of nitrogens with zero attached hydrogens (tertiary/aromatic N) is 6. The minimum Gasteiger partial charge on any atom is -0.494 e. The Bertz CT molecular complexity index is 1480. The monoisotopic (exact) mass is 528 g/mol. The third-order valence-corrected chi connectivity index (χ3v) is 6.34. The molecule has 0 atom stereocenters. The lowest BCUT2D eigenvalue weighted by Crippen LogP contribution is -2.29. The number of benzene rings is 2. The van der Waals surface area contributed by atoms with E-state index in [1.54, 1.807) is 13.3 Å². The molecule has 0 radical (unpaired) electrons. The first-order chi connectivity index (χ1) is 18.7. The van der Waals surface area contributed by atoms with Crippen LogP contribution >= 0.6 is 0 Å². The van der Waals surface area contributed by atoms with Crippen LogP contribution in [0.5, 0.6) is 5.75 Å². The summed E-state index contributed by atoms with van der Waals surface area (Å²) in [7, 11) is 7.62. The molecule has 10 nitrogen and oxygen atoms in total. The van der Waals surface area contributed by atoms with E-state index >= 15 is 0 Å². The van der Waals surface area contributed by atoms with E-state index in [1.165, 1.54) is 6.08 Å². The Kier molecular flexibility index (Phi) is 8.46. The van der Waals surface area contributed by atoms with Crippen LogP contribution in [0.1, 0.15) is 19.9 Å². The molecule has 2 aromatic heterocycles. The van der Waals surface area contributed by atoms with Crippen molar-refractivity contribution in [3.63, 3.8) is 0 Å². The van der Waals surface area contributed by atoms with Crippen LogP contribution in [0, 0.1) is 0 Å². The second-order valence-electron chi connectivity index (χ2n) is 9.83. The van der Waals surface area contributed by atoms with Crippen molar-refractivity contribution in [1.82, 2.24) is 24.6 Å². The Morgan fingerprint density at radius 1 is 1.13 bits per heavy atom. The van der Waals surface area contributed by atoms with Crippen LogP contribution in [0.15, 0.2) is 61.4 Å². The average Bonchev–Trinajstić information content (AvgIpc) is 3.35. The number of likely N-dealkylation sites (N-methyl/N-ethyl adjacent to an activating group) is 2. The molecule has 1 amide bonds. The van der Waals surface area contributed by atoms with Crippen molar-refractivity contribution in [2.24, 2.45) is 0 Å². The molecule has 4 aromatic rings. The van der Waals surface area contributed by atoms with Gasteiger partial charge in [-0.15, -0.1) is 0 Å². The molecule has 0 bridgehead atoms. The topological polar surface area (TPSA) is 100 Å². The lowest BCUT2D eigenvalue weighted by atomic mass is 10.1. The van der Waals surface area contributed by atoms with E-state index in [2.05, 4.69) is 63.1 Å². The number of amides is 1. The predicted octanol–water partition coefficient (Wildman–Crippen LogP) is 4.95. The molecule has 0 unspecified atom stereocenters. The summed E-state index contributed by atoms with van der Waals surface area (Å²) in [5.41, 5.74) is 4.83. The van der Waals surface area contributed by atoms with E-state index in [9.17, 15) is 4.79 Å². The van der Waals surface area contributed by atoms with Crippen molar-refractivity contribution in [2.45, 2.75) is 19.9 Å². The van der Waals surface area contributed by atoms with Crippen LogP contribution in [0.25, 0.3) is 22.2 Å². The van der Waals surface area contributed by atoms with E-state index in [0.717, 1.165) is 40.9 Å². The highest BCUT2D eigenvalue weighted by molar-refractivity contribution is 6.02. The van der Waals surface area contributed by atoms with Gasteiger partial charge in [0.2, 0.25) is 11.9 Å². The summed E-state index contributed by atoms with van der Waals surface area (Å²) in [6, 6.07) is 12.0. The van der Waals surface area contributed by atoms with Crippen molar-refractivity contribution in [3.05, 3.63) is 61.4 Å². The summed E-state index contributed by atoms with van der Waals surface area (Å²) < 4.78 is 7.71. The number of nitrogens with one attached hydrogen (secondary N) is 2. The summed E-state index contributed by atoms with van der Waals surface area (Å²) in [6.45, 7) is 9.40. The van der Waals surface area contributed by atoms with Crippen LogP contribution < -0.4 is 20.3 Å².